The second kappa shape index (κ2) is 5.14. The normalized spacial score (nSPS) is 10.9. The molecule has 0 spiro atoms. The van der Waals surface area contributed by atoms with E-state index in [0.29, 0.717) is 0 Å². The van der Waals surface area contributed by atoms with Gasteiger partial charge in [-0.2, -0.15) is 0 Å². The van der Waals surface area contributed by atoms with E-state index in [-0.39, 0.29) is 0 Å². The number of pyridine rings is 1. The summed E-state index contributed by atoms with van der Waals surface area (Å²) in [6.07, 6.45) is 5.66. The summed E-state index contributed by atoms with van der Waals surface area (Å²) in [4.78, 5) is 4.47. The summed E-state index contributed by atoms with van der Waals surface area (Å²) in [5.41, 5.74) is 3.88. The van der Waals surface area contributed by atoms with E-state index in [4.69, 9.17) is 0 Å². The van der Waals surface area contributed by atoms with Crippen molar-refractivity contribution in [1.29, 1.82) is 0 Å². The monoisotopic (exact) mass is 191 g/mol. The lowest BCUT2D eigenvalue weighted by Gasteiger charge is -2.07. The van der Waals surface area contributed by atoms with E-state index in [2.05, 4.69) is 38.7 Å². The first kappa shape index (κ1) is 11.2. The molecule has 0 N–H and O–H groups in total. The lowest BCUT2D eigenvalue weighted by Crippen LogP contribution is -1.97. The van der Waals surface area contributed by atoms with Gasteiger partial charge in [-0.05, 0) is 43.7 Å². The summed E-state index contributed by atoms with van der Waals surface area (Å²) in [7, 11) is 0. The molecule has 0 amide bonds. The van der Waals surface area contributed by atoms with Crippen molar-refractivity contribution >= 4 is 0 Å². The Morgan fingerprint density at radius 1 is 1.29 bits per heavy atom. The average molecular weight is 191 g/mol. The number of aryl methyl sites for hydroxylation is 3. The van der Waals surface area contributed by atoms with Crippen molar-refractivity contribution in [3.05, 3.63) is 29.1 Å². The Bertz CT molecular complexity index is 289. The lowest BCUT2D eigenvalue weighted by molar-refractivity contribution is 0.552. The van der Waals surface area contributed by atoms with Crippen molar-refractivity contribution in [3.63, 3.8) is 0 Å². The summed E-state index contributed by atoms with van der Waals surface area (Å²) in [6, 6.07) is 2.22. The topological polar surface area (TPSA) is 12.9 Å². The third-order valence-corrected chi connectivity index (χ3v) is 2.52. The van der Waals surface area contributed by atoms with Gasteiger partial charge in [0.05, 0.1) is 0 Å². The van der Waals surface area contributed by atoms with Crippen LogP contribution >= 0.6 is 0 Å². The maximum absolute atomic E-state index is 4.47. The summed E-state index contributed by atoms with van der Waals surface area (Å²) in [5, 5.41) is 0. The van der Waals surface area contributed by atoms with Crippen LogP contribution in [-0.4, -0.2) is 4.98 Å². The summed E-state index contributed by atoms with van der Waals surface area (Å²) in [5.74, 6) is 0.806. The number of rotatable bonds is 4. The van der Waals surface area contributed by atoms with Gasteiger partial charge in [0.1, 0.15) is 0 Å². The van der Waals surface area contributed by atoms with Crippen molar-refractivity contribution < 1.29 is 0 Å². The van der Waals surface area contributed by atoms with Gasteiger partial charge in [-0.3, -0.25) is 4.98 Å². The predicted octanol–water partition coefficient (Wildman–Crippen LogP) is 3.68. The van der Waals surface area contributed by atoms with E-state index in [1.54, 1.807) is 0 Å². The molecular formula is C13H21N. The fourth-order valence-corrected chi connectivity index (χ4v) is 1.68. The molecule has 1 nitrogen and oxygen atoms in total. The molecule has 0 atom stereocenters. The van der Waals surface area contributed by atoms with Crippen LogP contribution in [0.3, 0.4) is 0 Å². The van der Waals surface area contributed by atoms with E-state index in [1.165, 1.54) is 29.7 Å². The van der Waals surface area contributed by atoms with Gasteiger partial charge < -0.3 is 0 Å². The molecule has 1 rings (SSSR count). The minimum absolute atomic E-state index is 0.806. The first-order valence-electron chi connectivity index (χ1n) is 5.51. The molecule has 0 aromatic carbocycles. The first-order chi connectivity index (χ1) is 6.59. The molecule has 1 aromatic heterocycles. The number of nitrogens with zero attached hydrogens (tertiary/aromatic N) is 1. The molecule has 1 heteroatoms. The van der Waals surface area contributed by atoms with Crippen LogP contribution in [0.1, 0.15) is 43.5 Å². The van der Waals surface area contributed by atoms with Gasteiger partial charge in [-0.15, -0.1) is 0 Å². The minimum atomic E-state index is 0.806. The summed E-state index contributed by atoms with van der Waals surface area (Å²) < 4.78 is 0. The minimum Gasteiger partial charge on any atom is -0.261 e. The molecule has 0 aliphatic heterocycles. The molecule has 0 aliphatic carbocycles. The fraction of sp³-hybridized carbons (Fsp3) is 0.615. The van der Waals surface area contributed by atoms with Crippen LogP contribution in [0.15, 0.2) is 12.3 Å². The van der Waals surface area contributed by atoms with Gasteiger partial charge in [-0.25, -0.2) is 0 Å². The zero-order chi connectivity index (χ0) is 10.6. The SMILES string of the molecule is Cc1cnc(CCCC(C)C)c(C)c1. The molecule has 78 valence electrons. The molecule has 0 saturated heterocycles. The largest absolute Gasteiger partial charge is 0.261 e. The van der Waals surface area contributed by atoms with Crippen molar-refractivity contribution in [1.82, 2.24) is 4.98 Å². The molecule has 0 fully saturated rings. The highest BCUT2D eigenvalue weighted by atomic mass is 14.7. The molecule has 0 saturated carbocycles. The van der Waals surface area contributed by atoms with Crippen LogP contribution in [-0.2, 0) is 6.42 Å². The van der Waals surface area contributed by atoms with Gasteiger partial charge in [0.15, 0.2) is 0 Å². The van der Waals surface area contributed by atoms with Crippen LogP contribution < -0.4 is 0 Å². The predicted molar refractivity (Wildman–Crippen MR) is 61.5 cm³/mol. The van der Waals surface area contributed by atoms with E-state index < -0.39 is 0 Å². The van der Waals surface area contributed by atoms with Gasteiger partial charge in [0.2, 0.25) is 0 Å². The Morgan fingerprint density at radius 2 is 2.00 bits per heavy atom. The Hall–Kier alpha value is -0.850. The molecule has 0 bridgehead atoms. The van der Waals surface area contributed by atoms with Crippen LogP contribution in [0.4, 0.5) is 0 Å². The lowest BCUT2D eigenvalue weighted by atomic mass is 10.0. The third-order valence-electron chi connectivity index (χ3n) is 2.52. The highest BCUT2D eigenvalue weighted by molar-refractivity contribution is 5.23. The second-order valence-corrected chi connectivity index (χ2v) is 4.56. The van der Waals surface area contributed by atoms with E-state index in [1.807, 2.05) is 6.20 Å². The van der Waals surface area contributed by atoms with Crippen molar-refractivity contribution in [3.8, 4) is 0 Å². The first-order valence-corrected chi connectivity index (χ1v) is 5.51. The van der Waals surface area contributed by atoms with Gasteiger partial charge in [-0.1, -0.05) is 26.3 Å². The van der Waals surface area contributed by atoms with E-state index in [9.17, 15) is 0 Å². The highest BCUT2D eigenvalue weighted by Gasteiger charge is 2.01. The van der Waals surface area contributed by atoms with E-state index >= 15 is 0 Å². The Kier molecular flexibility index (Phi) is 4.12. The van der Waals surface area contributed by atoms with Crippen LogP contribution in [0.5, 0.6) is 0 Å². The fourth-order valence-electron chi connectivity index (χ4n) is 1.68. The molecule has 1 heterocycles. The summed E-state index contributed by atoms with van der Waals surface area (Å²) in [6.45, 7) is 8.80. The molecule has 1 aromatic rings. The van der Waals surface area contributed by atoms with Crippen molar-refractivity contribution in [2.75, 3.05) is 0 Å². The molecule has 0 aliphatic rings. The van der Waals surface area contributed by atoms with Crippen LogP contribution in [0.2, 0.25) is 0 Å². The second-order valence-electron chi connectivity index (χ2n) is 4.56. The molecular weight excluding hydrogens is 170 g/mol. The molecule has 14 heavy (non-hydrogen) atoms. The molecule has 0 radical (unpaired) electrons. The smallest absolute Gasteiger partial charge is 0.0432 e. The Morgan fingerprint density at radius 3 is 2.57 bits per heavy atom. The Labute approximate surface area is 87.6 Å². The maximum Gasteiger partial charge on any atom is 0.0432 e. The van der Waals surface area contributed by atoms with Crippen LogP contribution in [0, 0.1) is 19.8 Å². The average Bonchev–Trinajstić information content (AvgIpc) is 2.08. The van der Waals surface area contributed by atoms with Crippen molar-refractivity contribution in [2.24, 2.45) is 5.92 Å². The third kappa shape index (κ3) is 3.49. The molecule has 0 unspecified atom stereocenters. The van der Waals surface area contributed by atoms with Gasteiger partial charge in [0, 0.05) is 11.9 Å². The number of aromatic nitrogens is 1. The van der Waals surface area contributed by atoms with Gasteiger partial charge >= 0.3 is 0 Å². The Balaban J connectivity index is 2.51. The summed E-state index contributed by atoms with van der Waals surface area (Å²) >= 11 is 0. The van der Waals surface area contributed by atoms with Gasteiger partial charge in [0.25, 0.3) is 0 Å². The standard InChI is InChI=1S/C13H21N/c1-10(2)6-5-7-13-12(4)8-11(3)9-14-13/h8-10H,5-7H2,1-4H3. The van der Waals surface area contributed by atoms with Crippen molar-refractivity contribution in [2.45, 2.75) is 47.0 Å². The quantitative estimate of drug-likeness (QED) is 0.707. The number of hydrogen-bond donors (Lipinski definition) is 0. The maximum atomic E-state index is 4.47. The number of hydrogen-bond acceptors (Lipinski definition) is 1. The zero-order valence-corrected chi connectivity index (χ0v) is 9.80. The zero-order valence-electron chi connectivity index (χ0n) is 9.80. The van der Waals surface area contributed by atoms with E-state index in [0.717, 1.165) is 12.3 Å². The van der Waals surface area contributed by atoms with Crippen LogP contribution in [0.25, 0.3) is 0 Å². The highest BCUT2D eigenvalue weighted by Crippen LogP contribution is 2.12.